The number of rotatable bonds is 6. The van der Waals surface area contributed by atoms with Gasteiger partial charge in [0.05, 0.1) is 5.37 Å². The van der Waals surface area contributed by atoms with Crippen molar-refractivity contribution in [2.75, 3.05) is 5.75 Å². The molecule has 1 fully saturated rings. The molecule has 0 aromatic rings. The molecule has 3 unspecified atom stereocenters. The standard InChI is InChI=1S/C12H22N2O3S/c1-3-11-14(9(7-18-11)12(16)17)10(15)6-4-5-8(2)13/h8-9,11H,3-7,13H2,1-2H3,(H,16,17). The van der Waals surface area contributed by atoms with E-state index in [2.05, 4.69) is 0 Å². The number of aliphatic carboxylic acids is 1. The molecule has 104 valence electrons. The number of thioether (sulfide) groups is 1. The normalized spacial score (nSPS) is 25.2. The van der Waals surface area contributed by atoms with E-state index in [9.17, 15) is 9.59 Å². The van der Waals surface area contributed by atoms with Crippen molar-refractivity contribution < 1.29 is 14.7 Å². The van der Waals surface area contributed by atoms with Gasteiger partial charge in [0.2, 0.25) is 5.91 Å². The maximum absolute atomic E-state index is 12.1. The number of nitrogens with two attached hydrogens (primary N) is 1. The molecule has 0 saturated carbocycles. The lowest BCUT2D eigenvalue weighted by Gasteiger charge is -2.26. The SMILES string of the molecule is CCC1SCC(C(=O)O)N1C(=O)CCCC(C)N. The average molecular weight is 274 g/mol. The minimum atomic E-state index is -0.904. The molecular formula is C12H22N2O3S. The van der Waals surface area contributed by atoms with Crippen LogP contribution in [0.2, 0.25) is 0 Å². The van der Waals surface area contributed by atoms with Crippen molar-refractivity contribution in [1.29, 1.82) is 0 Å². The van der Waals surface area contributed by atoms with E-state index < -0.39 is 12.0 Å². The molecule has 1 aliphatic heterocycles. The summed E-state index contributed by atoms with van der Waals surface area (Å²) >= 11 is 1.55. The number of carbonyl (C=O) groups is 2. The highest BCUT2D eigenvalue weighted by Gasteiger charge is 2.40. The fraction of sp³-hybridized carbons (Fsp3) is 0.833. The van der Waals surface area contributed by atoms with Crippen LogP contribution in [0.1, 0.15) is 39.5 Å². The van der Waals surface area contributed by atoms with Gasteiger partial charge in [-0.15, -0.1) is 11.8 Å². The molecule has 0 aromatic heterocycles. The number of hydrogen-bond donors (Lipinski definition) is 2. The molecule has 0 spiro atoms. The summed E-state index contributed by atoms with van der Waals surface area (Å²) in [5.41, 5.74) is 5.64. The zero-order valence-electron chi connectivity index (χ0n) is 11.0. The van der Waals surface area contributed by atoms with Gasteiger partial charge in [0.25, 0.3) is 0 Å². The number of amides is 1. The largest absolute Gasteiger partial charge is 0.480 e. The average Bonchev–Trinajstić information content (AvgIpc) is 2.71. The maximum Gasteiger partial charge on any atom is 0.327 e. The van der Waals surface area contributed by atoms with Gasteiger partial charge in [0.1, 0.15) is 6.04 Å². The van der Waals surface area contributed by atoms with E-state index >= 15 is 0 Å². The van der Waals surface area contributed by atoms with Crippen molar-refractivity contribution in [3.8, 4) is 0 Å². The Hall–Kier alpha value is -0.750. The predicted molar refractivity (Wildman–Crippen MR) is 72.3 cm³/mol. The van der Waals surface area contributed by atoms with Gasteiger partial charge in [0, 0.05) is 18.2 Å². The Morgan fingerprint density at radius 3 is 2.72 bits per heavy atom. The Kier molecular flexibility index (Phi) is 5.95. The van der Waals surface area contributed by atoms with Crippen molar-refractivity contribution in [3.05, 3.63) is 0 Å². The molecule has 18 heavy (non-hydrogen) atoms. The summed E-state index contributed by atoms with van der Waals surface area (Å²) < 4.78 is 0. The van der Waals surface area contributed by atoms with Crippen LogP contribution in [-0.4, -0.2) is 45.1 Å². The first kappa shape index (κ1) is 15.3. The van der Waals surface area contributed by atoms with Crippen molar-refractivity contribution in [2.45, 2.75) is 57.0 Å². The molecule has 0 radical (unpaired) electrons. The highest BCUT2D eigenvalue weighted by atomic mass is 32.2. The third-order valence-electron chi connectivity index (χ3n) is 3.06. The van der Waals surface area contributed by atoms with Crippen molar-refractivity contribution in [1.82, 2.24) is 4.90 Å². The first-order valence-electron chi connectivity index (χ1n) is 6.38. The quantitative estimate of drug-likeness (QED) is 0.762. The first-order chi connectivity index (χ1) is 8.47. The van der Waals surface area contributed by atoms with E-state index in [1.54, 1.807) is 16.7 Å². The van der Waals surface area contributed by atoms with E-state index in [1.807, 2.05) is 13.8 Å². The Labute approximate surface area is 112 Å². The van der Waals surface area contributed by atoms with Crippen LogP contribution in [0.15, 0.2) is 0 Å². The van der Waals surface area contributed by atoms with Gasteiger partial charge in [-0.3, -0.25) is 4.79 Å². The minimum absolute atomic E-state index is 0.00824. The molecule has 3 N–H and O–H groups in total. The number of carboxylic acid groups (broad SMARTS) is 1. The monoisotopic (exact) mass is 274 g/mol. The summed E-state index contributed by atoms with van der Waals surface area (Å²) in [6.45, 7) is 3.88. The molecule has 0 bridgehead atoms. The van der Waals surface area contributed by atoms with Crippen LogP contribution in [-0.2, 0) is 9.59 Å². The third kappa shape index (κ3) is 3.88. The predicted octanol–water partition coefficient (Wildman–Crippen LogP) is 1.27. The fourth-order valence-electron chi connectivity index (χ4n) is 2.11. The minimum Gasteiger partial charge on any atom is -0.480 e. The molecule has 1 saturated heterocycles. The van der Waals surface area contributed by atoms with Gasteiger partial charge < -0.3 is 15.7 Å². The Balaban J connectivity index is 2.58. The molecule has 6 heteroatoms. The molecule has 1 amide bonds. The van der Waals surface area contributed by atoms with E-state index in [0.29, 0.717) is 12.2 Å². The number of carboxylic acids is 1. The Morgan fingerprint density at radius 2 is 2.22 bits per heavy atom. The van der Waals surface area contributed by atoms with Gasteiger partial charge in [-0.1, -0.05) is 6.92 Å². The number of carbonyl (C=O) groups excluding carboxylic acids is 1. The topological polar surface area (TPSA) is 83.6 Å². The summed E-state index contributed by atoms with van der Waals surface area (Å²) in [6, 6.07) is -0.578. The zero-order chi connectivity index (χ0) is 13.7. The second kappa shape index (κ2) is 6.99. The van der Waals surface area contributed by atoms with Crippen LogP contribution in [0.4, 0.5) is 0 Å². The lowest BCUT2D eigenvalue weighted by atomic mass is 10.1. The molecule has 1 rings (SSSR count). The van der Waals surface area contributed by atoms with Crippen LogP contribution in [0.5, 0.6) is 0 Å². The van der Waals surface area contributed by atoms with Gasteiger partial charge in [-0.2, -0.15) is 0 Å². The van der Waals surface area contributed by atoms with Crippen LogP contribution in [0.3, 0.4) is 0 Å². The smallest absolute Gasteiger partial charge is 0.327 e. The summed E-state index contributed by atoms with van der Waals surface area (Å²) in [7, 11) is 0. The van der Waals surface area contributed by atoms with Crippen LogP contribution >= 0.6 is 11.8 Å². The highest BCUT2D eigenvalue weighted by molar-refractivity contribution is 8.00. The molecule has 0 aliphatic carbocycles. The highest BCUT2D eigenvalue weighted by Crippen LogP contribution is 2.32. The summed E-state index contributed by atoms with van der Waals surface area (Å²) in [4.78, 5) is 24.8. The fourth-order valence-corrected chi connectivity index (χ4v) is 3.48. The second-order valence-electron chi connectivity index (χ2n) is 4.72. The van der Waals surface area contributed by atoms with E-state index in [-0.39, 0.29) is 17.3 Å². The Morgan fingerprint density at radius 1 is 1.56 bits per heavy atom. The summed E-state index contributed by atoms with van der Waals surface area (Å²) in [5, 5.41) is 9.14. The number of hydrogen-bond acceptors (Lipinski definition) is 4. The molecular weight excluding hydrogens is 252 g/mol. The van der Waals surface area contributed by atoms with Gasteiger partial charge in [0.15, 0.2) is 0 Å². The van der Waals surface area contributed by atoms with Gasteiger partial charge in [-0.25, -0.2) is 4.79 Å². The zero-order valence-corrected chi connectivity index (χ0v) is 11.8. The van der Waals surface area contributed by atoms with E-state index in [1.165, 1.54) is 0 Å². The van der Waals surface area contributed by atoms with E-state index in [0.717, 1.165) is 19.3 Å². The molecule has 1 heterocycles. The van der Waals surface area contributed by atoms with Gasteiger partial charge in [-0.05, 0) is 26.2 Å². The third-order valence-corrected chi connectivity index (χ3v) is 4.52. The lowest BCUT2D eigenvalue weighted by molar-refractivity contribution is -0.149. The maximum atomic E-state index is 12.1. The molecule has 5 nitrogen and oxygen atoms in total. The molecule has 0 aromatic carbocycles. The summed E-state index contributed by atoms with van der Waals surface area (Å²) in [5.74, 6) is -0.466. The van der Waals surface area contributed by atoms with E-state index in [4.69, 9.17) is 10.8 Å². The van der Waals surface area contributed by atoms with Crippen molar-refractivity contribution in [3.63, 3.8) is 0 Å². The second-order valence-corrected chi connectivity index (χ2v) is 5.93. The lowest BCUT2D eigenvalue weighted by Crippen LogP contribution is -2.45. The van der Waals surface area contributed by atoms with Crippen LogP contribution < -0.4 is 5.73 Å². The summed E-state index contributed by atoms with van der Waals surface area (Å²) in [6.07, 6.45) is 2.69. The van der Waals surface area contributed by atoms with Crippen LogP contribution in [0.25, 0.3) is 0 Å². The molecule has 1 aliphatic rings. The van der Waals surface area contributed by atoms with Crippen LogP contribution in [0, 0.1) is 0 Å². The Bertz CT molecular complexity index is 310. The number of nitrogens with zero attached hydrogens (tertiary/aromatic N) is 1. The van der Waals surface area contributed by atoms with Gasteiger partial charge >= 0.3 is 5.97 Å². The molecule has 3 atom stereocenters. The van der Waals surface area contributed by atoms with Crippen molar-refractivity contribution >= 4 is 23.6 Å². The van der Waals surface area contributed by atoms with Crippen molar-refractivity contribution in [2.24, 2.45) is 5.73 Å². The first-order valence-corrected chi connectivity index (χ1v) is 7.43.